The maximum atomic E-state index is 12.2. The fraction of sp³-hybridized carbons (Fsp3) is 0.577. The molecule has 0 aliphatic carbocycles. The lowest BCUT2D eigenvalue weighted by atomic mass is 9.96. The van der Waals surface area contributed by atoms with Crippen molar-refractivity contribution in [2.24, 2.45) is 10.8 Å². The van der Waals surface area contributed by atoms with Crippen LogP contribution in [0.2, 0.25) is 0 Å². The van der Waals surface area contributed by atoms with Crippen LogP contribution in [0.1, 0.15) is 63.0 Å². The van der Waals surface area contributed by atoms with Gasteiger partial charge in [0.2, 0.25) is 5.95 Å². The fourth-order valence-electron chi connectivity index (χ4n) is 3.91. The number of hydrogen-bond donors (Lipinski definition) is 2. The Bertz CT molecular complexity index is 1010. The lowest BCUT2D eigenvalue weighted by Crippen LogP contribution is -2.33. The van der Waals surface area contributed by atoms with Crippen LogP contribution in [0.4, 0.5) is 23.3 Å². The van der Waals surface area contributed by atoms with E-state index in [2.05, 4.69) is 91.6 Å². The summed E-state index contributed by atoms with van der Waals surface area (Å²) in [7, 11) is 5.78. The van der Waals surface area contributed by atoms with Gasteiger partial charge >= 0.3 is 0 Å². The lowest BCUT2D eigenvalue weighted by molar-refractivity contribution is 0.0963. The highest BCUT2D eigenvalue weighted by molar-refractivity contribution is 14.1. The van der Waals surface area contributed by atoms with Crippen molar-refractivity contribution in [3.8, 4) is 0 Å². The average Bonchev–Trinajstić information content (AvgIpc) is 2.71. The van der Waals surface area contributed by atoms with E-state index in [0.29, 0.717) is 11.5 Å². The summed E-state index contributed by atoms with van der Waals surface area (Å²) in [5.74, 6) is 2.27. The summed E-state index contributed by atoms with van der Waals surface area (Å²) in [6.07, 6.45) is 0. The van der Waals surface area contributed by atoms with Gasteiger partial charge in [-0.3, -0.25) is 4.79 Å². The average molecular weight is 581 g/mol. The van der Waals surface area contributed by atoms with Gasteiger partial charge in [-0.2, -0.15) is 9.97 Å². The van der Waals surface area contributed by atoms with Gasteiger partial charge in [0.1, 0.15) is 11.6 Å². The van der Waals surface area contributed by atoms with E-state index in [1.165, 1.54) is 0 Å². The topological polar surface area (TPSA) is 73.4 Å². The van der Waals surface area contributed by atoms with Crippen molar-refractivity contribution in [1.82, 2.24) is 15.3 Å². The first kappa shape index (κ1) is 28.1. The van der Waals surface area contributed by atoms with Crippen molar-refractivity contribution in [3.63, 3.8) is 0 Å². The summed E-state index contributed by atoms with van der Waals surface area (Å²) >= 11 is 2.38. The molecule has 0 saturated heterocycles. The van der Waals surface area contributed by atoms with E-state index in [1.807, 2.05) is 32.2 Å². The Morgan fingerprint density at radius 3 is 2.12 bits per heavy atom. The van der Waals surface area contributed by atoms with Gasteiger partial charge in [0.15, 0.2) is 0 Å². The predicted octanol–water partition coefficient (Wildman–Crippen LogP) is 5.79. The molecule has 2 N–H and O–H groups in total. The summed E-state index contributed by atoms with van der Waals surface area (Å²) in [5.41, 5.74) is 3.77. The molecule has 2 aromatic rings. The predicted molar refractivity (Wildman–Crippen MR) is 153 cm³/mol. The van der Waals surface area contributed by atoms with E-state index in [9.17, 15) is 4.79 Å². The first-order valence-corrected chi connectivity index (χ1v) is 13.2. The van der Waals surface area contributed by atoms with Gasteiger partial charge in [0.05, 0.1) is 0 Å². The number of nitrogens with one attached hydrogen (secondary N) is 2. The SMILES string of the molecule is CNC(=O)c1ccc(C)c(Nc2nc(N(C)CC(C)(C)C)nc(N(C)CC(C)(C)C)c2CI)c1. The molecular formula is C26H41IN6O. The number of anilines is 4. The van der Waals surface area contributed by atoms with Crippen molar-refractivity contribution < 1.29 is 4.79 Å². The van der Waals surface area contributed by atoms with Gasteiger partial charge in [-0.1, -0.05) is 70.2 Å². The molecule has 0 aliphatic rings. The molecule has 0 radical (unpaired) electrons. The number of amides is 1. The normalized spacial score (nSPS) is 11.9. The number of benzene rings is 1. The number of aryl methyl sites for hydroxylation is 1. The van der Waals surface area contributed by atoms with Crippen molar-refractivity contribution in [3.05, 3.63) is 34.9 Å². The fourth-order valence-corrected chi connectivity index (χ4v) is 4.61. The Kier molecular flexibility index (Phi) is 9.18. The highest BCUT2D eigenvalue weighted by atomic mass is 127. The summed E-state index contributed by atoms with van der Waals surface area (Å²) in [5, 5.41) is 6.24. The van der Waals surface area contributed by atoms with E-state index in [4.69, 9.17) is 9.97 Å². The Balaban J connectivity index is 2.64. The maximum Gasteiger partial charge on any atom is 0.251 e. The zero-order chi connectivity index (χ0) is 25.8. The largest absolute Gasteiger partial charge is 0.359 e. The van der Waals surface area contributed by atoms with Gasteiger partial charge in [-0.25, -0.2) is 0 Å². The smallest absolute Gasteiger partial charge is 0.251 e. The third-order valence-electron chi connectivity index (χ3n) is 5.21. The second-order valence-electron chi connectivity index (χ2n) is 11.4. The van der Waals surface area contributed by atoms with Crippen molar-refractivity contribution in [2.45, 2.75) is 52.9 Å². The van der Waals surface area contributed by atoms with Crippen LogP contribution in [-0.4, -0.2) is 50.1 Å². The van der Waals surface area contributed by atoms with Gasteiger partial charge in [-0.05, 0) is 35.4 Å². The number of aromatic nitrogens is 2. The molecular weight excluding hydrogens is 539 g/mol. The van der Waals surface area contributed by atoms with Crippen LogP contribution in [0.25, 0.3) is 0 Å². The number of hydrogen-bond acceptors (Lipinski definition) is 6. The number of alkyl halides is 1. The molecule has 0 spiro atoms. The molecule has 1 heterocycles. The van der Waals surface area contributed by atoms with Gasteiger partial charge in [-0.15, -0.1) is 0 Å². The number of rotatable bonds is 8. The lowest BCUT2D eigenvalue weighted by Gasteiger charge is -2.31. The van der Waals surface area contributed by atoms with E-state index in [1.54, 1.807) is 7.05 Å². The molecule has 1 amide bonds. The summed E-state index contributed by atoms with van der Waals surface area (Å²) in [6, 6.07) is 5.67. The third kappa shape index (κ3) is 7.71. The quantitative estimate of drug-likeness (QED) is 0.305. The van der Waals surface area contributed by atoms with Crippen LogP contribution in [-0.2, 0) is 4.43 Å². The van der Waals surface area contributed by atoms with E-state index >= 15 is 0 Å². The minimum absolute atomic E-state index is 0.101. The molecule has 34 heavy (non-hydrogen) atoms. The number of carbonyl (C=O) groups excluding carboxylic acids is 1. The van der Waals surface area contributed by atoms with Gasteiger partial charge in [0, 0.05) is 55.5 Å². The molecule has 8 heteroatoms. The third-order valence-corrected chi connectivity index (χ3v) is 5.98. The number of halogens is 1. The van der Waals surface area contributed by atoms with Crippen molar-refractivity contribution in [1.29, 1.82) is 0 Å². The maximum absolute atomic E-state index is 12.2. The molecule has 2 rings (SSSR count). The van der Waals surface area contributed by atoms with Crippen LogP contribution in [0, 0.1) is 17.8 Å². The van der Waals surface area contributed by atoms with E-state index in [0.717, 1.165) is 46.0 Å². The molecule has 0 fully saturated rings. The Morgan fingerprint density at radius 1 is 1.00 bits per heavy atom. The van der Waals surface area contributed by atoms with Crippen LogP contribution >= 0.6 is 22.6 Å². The molecule has 1 aromatic carbocycles. The Labute approximate surface area is 219 Å². The second-order valence-corrected chi connectivity index (χ2v) is 12.1. The molecule has 0 bridgehead atoms. The highest BCUT2D eigenvalue weighted by Crippen LogP contribution is 2.34. The summed E-state index contributed by atoms with van der Waals surface area (Å²) in [6.45, 7) is 17.0. The molecule has 0 atom stereocenters. The molecule has 188 valence electrons. The van der Waals surface area contributed by atoms with Crippen molar-refractivity contribution in [2.75, 3.05) is 49.3 Å². The van der Waals surface area contributed by atoms with E-state index in [-0.39, 0.29) is 16.7 Å². The van der Waals surface area contributed by atoms with Gasteiger partial charge < -0.3 is 20.4 Å². The molecule has 0 unspecified atom stereocenters. The standard InChI is InChI=1S/C26H41IN6O/c1-17-11-12-18(23(34)28-8)13-20(17)29-21-19(14-27)22(32(9)15-25(2,3)4)31-24(30-21)33(10)16-26(5,6)7/h11-13H,14-16H2,1-10H3,(H,28,34)(H,29,30,31). The van der Waals surface area contributed by atoms with Crippen LogP contribution < -0.4 is 20.4 Å². The number of carbonyl (C=O) groups is 1. The van der Waals surface area contributed by atoms with Crippen LogP contribution in [0.5, 0.6) is 0 Å². The minimum atomic E-state index is -0.115. The molecule has 7 nitrogen and oxygen atoms in total. The first-order chi connectivity index (χ1) is 15.6. The van der Waals surface area contributed by atoms with Crippen LogP contribution in [0.15, 0.2) is 18.2 Å². The van der Waals surface area contributed by atoms with Crippen LogP contribution in [0.3, 0.4) is 0 Å². The zero-order valence-corrected chi connectivity index (χ0v) is 24.6. The first-order valence-electron chi connectivity index (χ1n) is 11.6. The molecule has 1 aromatic heterocycles. The minimum Gasteiger partial charge on any atom is -0.359 e. The van der Waals surface area contributed by atoms with Gasteiger partial charge in [0.25, 0.3) is 5.91 Å². The van der Waals surface area contributed by atoms with Crippen molar-refractivity contribution >= 4 is 51.8 Å². The summed E-state index contributed by atoms with van der Waals surface area (Å²) in [4.78, 5) is 26.6. The highest BCUT2D eigenvalue weighted by Gasteiger charge is 2.24. The second kappa shape index (κ2) is 11.1. The zero-order valence-electron chi connectivity index (χ0n) is 22.4. The molecule has 0 aliphatic heterocycles. The Hall–Kier alpha value is -2.10. The number of nitrogens with zero attached hydrogens (tertiary/aromatic N) is 4. The Morgan fingerprint density at radius 2 is 1.59 bits per heavy atom. The summed E-state index contributed by atoms with van der Waals surface area (Å²) < 4.78 is 0.751. The van der Waals surface area contributed by atoms with E-state index < -0.39 is 0 Å². The monoisotopic (exact) mass is 580 g/mol. The molecule has 0 saturated carbocycles.